The lowest BCUT2D eigenvalue weighted by Gasteiger charge is -2.14. The van der Waals surface area contributed by atoms with Crippen LogP contribution in [-0.2, 0) is 10.5 Å². The maximum atomic E-state index is 12.0. The fourth-order valence-corrected chi connectivity index (χ4v) is 3.69. The normalized spacial score (nSPS) is 11.9. The molecule has 1 aromatic heterocycles. The monoisotopic (exact) mass is 399 g/mol. The third-order valence-corrected chi connectivity index (χ3v) is 5.46. The van der Waals surface area contributed by atoms with Gasteiger partial charge in [-0.15, -0.1) is 11.3 Å². The van der Waals surface area contributed by atoms with Crippen molar-refractivity contribution in [2.24, 2.45) is 0 Å². The second-order valence-electron chi connectivity index (χ2n) is 4.64. The Morgan fingerprint density at radius 1 is 1.36 bits per heavy atom. The van der Waals surface area contributed by atoms with Gasteiger partial charge in [0, 0.05) is 27.4 Å². The summed E-state index contributed by atoms with van der Waals surface area (Å²) in [6.07, 6.45) is -0.497. The predicted molar refractivity (Wildman–Crippen MR) is 97.7 cm³/mol. The van der Waals surface area contributed by atoms with Gasteiger partial charge in [-0.1, -0.05) is 22.0 Å². The summed E-state index contributed by atoms with van der Waals surface area (Å²) in [5.74, 6) is 2.50. The van der Waals surface area contributed by atoms with Crippen LogP contribution in [0.2, 0.25) is 0 Å². The number of carbonyl (C=O) groups excluding carboxylic acids is 1. The molecule has 1 amide bonds. The average Bonchev–Trinajstić information content (AvgIpc) is 3.02. The smallest absolute Gasteiger partial charge is 0.260 e. The van der Waals surface area contributed by atoms with Crippen molar-refractivity contribution >= 4 is 44.9 Å². The van der Waals surface area contributed by atoms with Gasteiger partial charge in [0.2, 0.25) is 0 Å². The van der Waals surface area contributed by atoms with E-state index in [9.17, 15) is 4.79 Å². The number of halogens is 1. The van der Waals surface area contributed by atoms with Gasteiger partial charge in [-0.3, -0.25) is 4.79 Å². The van der Waals surface area contributed by atoms with E-state index in [1.807, 2.05) is 36.0 Å². The minimum atomic E-state index is -0.497. The van der Waals surface area contributed by atoms with Crippen molar-refractivity contribution in [2.45, 2.75) is 18.8 Å². The van der Waals surface area contributed by atoms with Crippen LogP contribution >= 0.6 is 39.0 Å². The van der Waals surface area contributed by atoms with Crippen molar-refractivity contribution < 1.29 is 9.53 Å². The highest BCUT2D eigenvalue weighted by molar-refractivity contribution is 9.10. The Kier molecular flexibility index (Phi) is 7.29. The lowest BCUT2D eigenvalue weighted by atomic mass is 10.3. The van der Waals surface area contributed by atoms with Gasteiger partial charge in [0.05, 0.1) is 0 Å². The molecule has 1 atom stereocenters. The molecule has 0 saturated carbocycles. The summed E-state index contributed by atoms with van der Waals surface area (Å²) >= 11 is 6.95. The molecule has 118 valence electrons. The number of thiophene rings is 1. The molecule has 0 fully saturated rings. The van der Waals surface area contributed by atoms with Crippen LogP contribution < -0.4 is 10.1 Å². The number of carbonyl (C=O) groups is 1. The molecular weight excluding hydrogens is 382 g/mol. The van der Waals surface area contributed by atoms with E-state index >= 15 is 0 Å². The zero-order valence-corrected chi connectivity index (χ0v) is 15.5. The number of benzene rings is 1. The van der Waals surface area contributed by atoms with Crippen LogP contribution in [0.15, 0.2) is 46.3 Å². The van der Waals surface area contributed by atoms with Crippen LogP contribution in [0.4, 0.5) is 0 Å². The van der Waals surface area contributed by atoms with Gasteiger partial charge in [0.15, 0.2) is 6.10 Å². The summed E-state index contributed by atoms with van der Waals surface area (Å²) < 4.78 is 6.59. The number of rotatable bonds is 8. The molecular formula is C16H18BrNO2S2. The number of amides is 1. The van der Waals surface area contributed by atoms with E-state index in [2.05, 4.69) is 38.8 Å². The van der Waals surface area contributed by atoms with Crippen LogP contribution in [0.1, 0.15) is 11.8 Å². The van der Waals surface area contributed by atoms with E-state index < -0.39 is 6.10 Å². The number of hydrogen-bond acceptors (Lipinski definition) is 4. The largest absolute Gasteiger partial charge is 0.481 e. The molecule has 0 aliphatic heterocycles. The fraction of sp³-hybridized carbons (Fsp3) is 0.312. The van der Waals surface area contributed by atoms with Gasteiger partial charge >= 0.3 is 0 Å². The minimum Gasteiger partial charge on any atom is -0.481 e. The standard InChI is InChI=1S/C16H18BrNO2S2/c1-12(20-14-6-4-13(17)5-7-14)16(19)18-8-10-21-11-15-3-2-9-22-15/h2-7,9,12H,8,10-11H2,1H3,(H,18,19). The molecule has 0 radical (unpaired) electrons. The first-order valence-electron chi connectivity index (χ1n) is 6.95. The summed E-state index contributed by atoms with van der Waals surface area (Å²) in [6, 6.07) is 11.6. The molecule has 1 heterocycles. The first kappa shape index (κ1) is 17.4. The Labute approximate surface area is 147 Å². The summed E-state index contributed by atoms with van der Waals surface area (Å²) in [5, 5.41) is 4.99. The van der Waals surface area contributed by atoms with Gasteiger partial charge in [0.25, 0.3) is 5.91 Å². The minimum absolute atomic E-state index is 0.0837. The van der Waals surface area contributed by atoms with Gasteiger partial charge < -0.3 is 10.1 Å². The van der Waals surface area contributed by atoms with Crippen LogP contribution in [0.5, 0.6) is 5.75 Å². The molecule has 3 nitrogen and oxygen atoms in total. The zero-order chi connectivity index (χ0) is 15.8. The highest BCUT2D eigenvalue weighted by atomic mass is 79.9. The quantitative estimate of drug-likeness (QED) is 0.671. The Morgan fingerprint density at radius 3 is 2.82 bits per heavy atom. The van der Waals surface area contributed by atoms with E-state index in [4.69, 9.17) is 4.74 Å². The van der Waals surface area contributed by atoms with Gasteiger partial charge in [0.1, 0.15) is 5.75 Å². The summed E-state index contributed by atoms with van der Waals surface area (Å²) in [4.78, 5) is 13.3. The molecule has 1 N–H and O–H groups in total. The number of nitrogens with one attached hydrogen (secondary N) is 1. The third kappa shape index (κ3) is 6.02. The van der Waals surface area contributed by atoms with Crippen LogP contribution in [0.25, 0.3) is 0 Å². The topological polar surface area (TPSA) is 38.3 Å². The van der Waals surface area contributed by atoms with Crippen molar-refractivity contribution in [3.63, 3.8) is 0 Å². The second kappa shape index (κ2) is 9.22. The number of hydrogen-bond donors (Lipinski definition) is 1. The highest BCUT2D eigenvalue weighted by Gasteiger charge is 2.13. The lowest BCUT2D eigenvalue weighted by molar-refractivity contribution is -0.127. The SMILES string of the molecule is CC(Oc1ccc(Br)cc1)C(=O)NCCSCc1cccs1. The molecule has 1 unspecified atom stereocenters. The fourth-order valence-electron chi connectivity index (χ4n) is 1.73. The van der Waals surface area contributed by atoms with Crippen molar-refractivity contribution in [3.8, 4) is 5.75 Å². The van der Waals surface area contributed by atoms with E-state index in [1.54, 1.807) is 18.3 Å². The van der Waals surface area contributed by atoms with E-state index in [1.165, 1.54) is 4.88 Å². The van der Waals surface area contributed by atoms with Gasteiger partial charge in [-0.25, -0.2) is 0 Å². The highest BCUT2D eigenvalue weighted by Crippen LogP contribution is 2.18. The van der Waals surface area contributed by atoms with E-state index in [-0.39, 0.29) is 5.91 Å². The maximum Gasteiger partial charge on any atom is 0.260 e. The molecule has 2 rings (SSSR count). The summed E-state index contributed by atoms with van der Waals surface area (Å²) in [7, 11) is 0. The molecule has 22 heavy (non-hydrogen) atoms. The molecule has 1 aromatic carbocycles. The Hall–Kier alpha value is -0.980. The first-order valence-corrected chi connectivity index (χ1v) is 9.78. The third-order valence-electron chi connectivity index (χ3n) is 2.87. The second-order valence-corrected chi connectivity index (χ2v) is 7.69. The first-order chi connectivity index (χ1) is 10.6. The lowest BCUT2D eigenvalue weighted by Crippen LogP contribution is -2.37. The number of thioether (sulfide) groups is 1. The average molecular weight is 400 g/mol. The Morgan fingerprint density at radius 2 is 2.14 bits per heavy atom. The van der Waals surface area contributed by atoms with Crippen molar-refractivity contribution in [1.82, 2.24) is 5.32 Å². The molecule has 2 aromatic rings. The van der Waals surface area contributed by atoms with Crippen LogP contribution in [0.3, 0.4) is 0 Å². The molecule has 0 spiro atoms. The zero-order valence-electron chi connectivity index (χ0n) is 12.3. The van der Waals surface area contributed by atoms with Gasteiger partial charge in [-0.2, -0.15) is 11.8 Å². The predicted octanol–water partition coefficient (Wildman–Crippen LogP) is 4.33. The maximum absolute atomic E-state index is 12.0. The molecule has 6 heteroatoms. The van der Waals surface area contributed by atoms with Crippen molar-refractivity contribution in [2.75, 3.05) is 12.3 Å². The van der Waals surface area contributed by atoms with E-state index in [0.29, 0.717) is 12.3 Å². The number of ether oxygens (including phenoxy) is 1. The summed E-state index contributed by atoms with van der Waals surface area (Å²) in [6.45, 7) is 2.42. The van der Waals surface area contributed by atoms with Gasteiger partial charge in [-0.05, 0) is 42.6 Å². The Balaban J connectivity index is 1.62. The summed E-state index contributed by atoms with van der Waals surface area (Å²) in [5.41, 5.74) is 0. The van der Waals surface area contributed by atoms with Crippen molar-refractivity contribution in [1.29, 1.82) is 0 Å². The van der Waals surface area contributed by atoms with Crippen LogP contribution in [-0.4, -0.2) is 24.3 Å². The van der Waals surface area contributed by atoms with E-state index in [0.717, 1.165) is 16.0 Å². The Bertz CT molecular complexity index is 572. The molecule has 0 bridgehead atoms. The molecule has 0 saturated heterocycles. The molecule has 0 aliphatic carbocycles. The van der Waals surface area contributed by atoms with Crippen molar-refractivity contribution in [3.05, 3.63) is 51.1 Å². The molecule has 0 aliphatic rings. The van der Waals surface area contributed by atoms with Crippen LogP contribution in [0, 0.1) is 0 Å².